The Morgan fingerprint density at radius 1 is 0.743 bits per heavy atom. The highest BCUT2D eigenvalue weighted by Gasteiger charge is 2.27. The third kappa shape index (κ3) is 4.73. The predicted octanol–water partition coefficient (Wildman–Crippen LogP) is 6.99. The van der Waals surface area contributed by atoms with Crippen LogP contribution in [0.25, 0.3) is 22.2 Å². The summed E-state index contributed by atoms with van der Waals surface area (Å²) in [5, 5.41) is 0.673. The Bertz CT molecular complexity index is 1490. The molecule has 1 atom stereocenters. The van der Waals surface area contributed by atoms with E-state index in [9.17, 15) is 9.59 Å². The maximum Gasteiger partial charge on any atom is 0.339 e. The van der Waals surface area contributed by atoms with Crippen molar-refractivity contribution in [3.63, 3.8) is 0 Å². The van der Waals surface area contributed by atoms with Crippen LogP contribution in [0.2, 0.25) is 0 Å². The van der Waals surface area contributed by atoms with Crippen molar-refractivity contribution >= 4 is 22.7 Å². The number of rotatable bonds is 6. The summed E-state index contributed by atoms with van der Waals surface area (Å²) >= 11 is 0. The summed E-state index contributed by atoms with van der Waals surface area (Å²) in [5.74, 6) is -0.850. The van der Waals surface area contributed by atoms with E-state index in [0.29, 0.717) is 33.3 Å². The zero-order valence-electron chi connectivity index (χ0n) is 19.2. The molecule has 0 aliphatic rings. The van der Waals surface area contributed by atoms with E-state index in [1.165, 1.54) is 0 Å². The number of nitrogens with zero attached hydrogens (tertiary/aromatic N) is 1. The molecule has 0 N–H and O–H groups in total. The molecule has 0 radical (unpaired) electrons. The number of fused-ring (bicyclic) bond motifs is 1. The van der Waals surface area contributed by atoms with Crippen molar-refractivity contribution in [3.05, 3.63) is 138 Å². The van der Waals surface area contributed by atoms with Crippen molar-refractivity contribution in [1.82, 2.24) is 4.98 Å². The second-order valence-electron chi connectivity index (χ2n) is 8.36. The Morgan fingerprint density at radius 3 is 2.09 bits per heavy atom. The number of carbonyl (C=O) groups excluding carboxylic acids is 2. The van der Waals surface area contributed by atoms with Gasteiger partial charge in [-0.1, -0.05) is 109 Å². The number of para-hydroxylation sites is 1. The van der Waals surface area contributed by atoms with E-state index < -0.39 is 12.1 Å². The lowest BCUT2D eigenvalue weighted by atomic mass is 9.99. The summed E-state index contributed by atoms with van der Waals surface area (Å²) in [6.07, 6.45) is -1.07. The van der Waals surface area contributed by atoms with Crippen molar-refractivity contribution in [2.24, 2.45) is 0 Å². The van der Waals surface area contributed by atoms with Gasteiger partial charge in [0.25, 0.3) is 0 Å². The SMILES string of the molecule is Cc1ccc(-c2cc(C(=O)O[C@@H](C(=O)c3ccccc3)c3ccccc3)c3ccccc3n2)cc1. The largest absolute Gasteiger partial charge is 0.445 e. The number of carbonyl (C=O) groups is 2. The van der Waals surface area contributed by atoms with Crippen LogP contribution in [0.15, 0.2) is 115 Å². The van der Waals surface area contributed by atoms with Crippen molar-refractivity contribution in [2.45, 2.75) is 13.0 Å². The van der Waals surface area contributed by atoms with Gasteiger partial charge in [0, 0.05) is 22.1 Å². The lowest BCUT2D eigenvalue weighted by Gasteiger charge is -2.18. The number of ether oxygens (including phenoxy) is 1. The summed E-state index contributed by atoms with van der Waals surface area (Å²) in [6, 6.07) is 35.1. The number of benzene rings is 4. The molecule has 4 nitrogen and oxygen atoms in total. The fraction of sp³-hybridized carbons (Fsp3) is 0.0645. The van der Waals surface area contributed by atoms with Gasteiger partial charge >= 0.3 is 5.97 Å². The third-order valence-corrected chi connectivity index (χ3v) is 5.91. The minimum atomic E-state index is -1.07. The van der Waals surface area contributed by atoms with Crippen LogP contribution >= 0.6 is 0 Å². The molecule has 170 valence electrons. The number of aryl methyl sites for hydroxylation is 1. The van der Waals surface area contributed by atoms with E-state index in [1.807, 2.05) is 79.7 Å². The van der Waals surface area contributed by atoms with E-state index in [4.69, 9.17) is 9.72 Å². The second kappa shape index (κ2) is 9.74. The van der Waals surface area contributed by atoms with Crippen molar-refractivity contribution in [3.8, 4) is 11.3 Å². The maximum atomic E-state index is 13.6. The molecule has 0 unspecified atom stereocenters. The smallest absolute Gasteiger partial charge is 0.339 e. The van der Waals surface area contributed by atoms with E-state index in [-0.39, 0.29) is 5.78 Å². The van der Waals surface area contributed by atoms with Crippen molar-refractivity contribution in [2.75, 3.05) is 0 Å². The van der Waals surface area contributed by atoms with Crippen LogP contribution in [0, 0.1) is 6.92 Å². The molecule has 0 spiro atoms. The fourth-order valence-electron chi connectivity index (χ4n) is 4.04. The molecule has 1 heterocycles. The average Bonchev–Trinajstić information content (AvgIpc) is 2.92. The summed E-state index contributed by atoms with van der Waals surface area (Å²) in [7, 11) is 0. The van der Waals surface area contributed by atoms with Crippen LogP contribution in [0.4, 0.5) is 0 Å². The molecule has 5 aromatic rings. The Labute approximate surface area is 203 Å². The number of aromatic nitrogens is 1. The second-order valence-corrected chi connectivity index (χ2v) is 8.36. The van der Waals surface area contributed by atoms with Gasteiger partial charge < -0.3 is 4.74 Å². The minimum Gasteiger partial charge on any atom is -0.445 e. The Kier molecular flexibility index (Phi) is 6.18. The predicted molar refractivity (Wildman–Crippen MR) is 137 cm³/mol. The van der Waals surface area contributed by atoms with Gasteiger partial charge in [-0.2, -0.15) is 0 Å². The van der Waals surface area contributed by atoms with Gasteiger partial charge in [-0.25, -0.2) is 9.78 Å². The quantitative estimate of drug-likeness (QED) is 0.204. The lowest BCUT2D eigenvalue weighted by molar-refractivity contribution is 0.0282. The molecule has 0 saturated heterocycles. The Balaban J connectivity index is 1.57. The van der Waals surface area contributed by atoms with Crippen LogP contribution in [-0.2, 0) is 4.74 Å². The van der Waals surface area contributed by atoms with Crippen LogP contribution < -0.4 is 0 Å². The normalized spacial score (nSPS) is 11.7. The molecule has 35 heavy (non-hydrogen) atoms. The van der Waals surface area contributed by atoms with Gasteiger partial charge in [-0.15, -0.1) is 0 Å². The molecule has 0 amide bonds. The molecule has 5 rings (SSSR count). The average molecular weight is 458 g/mol. The number of esters is 1. The first kappa shape index (κ1) is 22.2. The topological polar surface area (TPSA) is 56.3 Å². The standard InChI is InChI=1S/C31H23NO3/c1-21-16-18-22(19-17-21)28-20-26(25-14-8-9-15-27(25)32-28)31(34)35-30(24-12-6-3-7-13-24)29(33)23-10-4-2-5-11-23/h2-20,30H,1H3/t30-/m1/s1. The molecule has 1 aromatic heterocycles. The highest BCUT2D eigenvalue weighted by atomic mass is 16.5. The van der Waals surface area contributed by atoms with Crippen LogP contribution in [0.1, 0.15) is 37.9 Å². The van der Waals surface area contributed by atoms with E-state index in [1.54, 1.807) is 42.5 Å². The number of pyridine rings is 1. The highest BCUT2D eigenvalue weighted by molar-refractivity contribution is 6.07. The van der Waals surface area contributed by atoms with Crippen LogP contribution in [-0.4, -0.2) is 16.7 Å². The Hall–Kier alpha value is -4.57. The molecule has 0 aliphatic heterocycles. The van der Waals surface area contributed by atoms with Gasteiger partial charge in [-0.05, 0) is 19.1 Å². The highest BCUT2D eigenvalue weighted by Crippen LogP contribution is 2.29. The van der Waals surface area contributed by atoms with Gasteiger partial charge in [-0.3, -0.25) is 4.79 Å². The lowest BCUT2D eigenvalue weighted by Crippen LogP contribution is -2.20. The zero-order chi connectivity index (χ0) is 24.2. The number of hydrogen-bond donors (Lipinski definition) is 0. The van der Waals surface area contributed by atoms with E-state index in [2.05, 4.69) is 0 Å². The third-order valence-electron chi connectivity index (χ3n) is 5.91. The molecule has 0 aliphatic carbocycles. The first-order valence-electron chi connectivity index (χ1n) is 11.4. The number of hydrogen-bond acceptors (Lipinski definition) is 4. The molecule has 0 fully saturated rings. The number of ketones is 1. The van der Waals surface area contributed by atoms with E-state index >= 15 is 0 Å². The van der Waals surface area contributed by atoms with Gasteiger partial charge in [0.2, 0.25) is 5.78 Å². The molecular formula is C31H23NO3. The van der Waals surface area contributed by atoms with Crippen molar-refractivity contribution in [1.29, 1.82) is 0 Å². The molecule has 4 heteroatoms. The summed E-state index contributed by atoms with van der Waals surface area (Å²) < 4.78 is 5.94. The van der Waals surface area contributed by atoms with Gasteiger partial charge in [0.1, 0.15) is 0 Å². The summed E-state index contributed by atoms with van der Waals surface area (Å²) in [6.45, 7) is 2.02. The molecule has 0 saturated carbocycles. The van der Waals surface area contributed by atoms with Gasteiger partial charge in [0.15, 0.2) is 6.10 Å². The first-order valence-corrected chi connectivity index (χ1v) is 11.4. The van der Waals surface area contributed by atoms with E-state index in [0.717, 1.165) is 11.1 Å². The molecule has 0 bridgehead atoms. The van der Waals surface area contributed by atoms with Gasteiger partial charge in [0.05, 0.1) is 16.8 Å². The molecule has 4 aromatic carbocycles. The Morgan fingerprint density at radius 2 is 1.37 bits per heavy atom. The zero-order valence-corrected chi connectivity index (χ0v) is 19.2. The molecular weight excluding hydrogens is 434 g/mol. The summed E-state index contributed by atoms with van der Waals surface area (Å²) in [5.41, 5.74) is 4.85. The van der Waals surface area contributed by atoms with Crippen LogP contribution in [0.3, 0.4) is 0 Å². The fourth-order valence-corrected chi connectivity index (χ4v) is 4.04. The monoisotopic (exact) mass is 457 g/mol. The maximum absolute atomic E-state index is 13.6. The number of Topliss-reactive ketones (excluding diaryl/α,β-unsaturated/α-hetero) is 1. The summed E-state index contributed by atoms with van der Waals surface area (Å²) in [4.78, 5) is 31.8. The van der Waals surface area contributed by atoms with Crippen molar-refractivity contribution < 1.29 is 14.3 Å². The minimum absolute atomic E-state index is 0.276. The van der Waals surface area contributed by atoms with Crippen LogP contribution in [0.5, 0.6) is 0 Å². The first-order chi connectivity index (χ1) is 17.1.